The Labute approximate surface area is 166 Å². The van der Waals surface area contributed by atoms with Crippen molar-refractivity contribution in [3.63, 3.8) is 0 Å². The van der Waals surface area contributed by atoms with Crippen LogP contribution < -0.4 is 0 Å². The molecule has 2 atom stereocenters. The first-order valence-corrected chi connectivity index (χ1v) is 9.76. The average molecular weight is 406 g/mol. The Morgan fingerprint density at radius 2 is 1.11 bits per heavy atom. The zero-order chi connectivity index (χ0) is 20.4. The fraction of sp³-hybridized carbons (Fsp3) is 0.300. The van der Waals surface area contributed by atoms with Crippen LogP contribution >= 0.6 is 0 Å². The van der Waals surface area contributed by atoms with Crippen LogP contribution in [0.15, 0.2) is 60.7 Å². The molecule has 0 saturated carbocycles. The number of hydrogen-bond donors (Lipinski definition) is 0. The average Bonchev–Trinajstić information content (AvgIpc) is 2.72. The molecule has 0 aliphatic heterocycles. The maximum absolute atomic E-state index is 12.5. The quantitative estimate of drug-likeness (QED) is 0.560. The van der Waals surface area contributed by atoms with Crippen molar-refractivity contribution in [1.82, 2.24) is 0 Å². The maximum atomic E-state index is 12.5. The van der Waals surface area contributed by atoms with Crippen molar-refractivity contribution in [1.29, 1.82) is 0 Å². The van der Waals surface area contributed by atoms with Crippen molar-refractivity contribution in [2.24, 2.45) is 0 Å². The highest BCUT2D eigenvalue weighted by Crippen LogP contribution is 2.25. The van der Waals surface area contributed by atoms with Crippen LogP contribution in [0, 0.1) is 0 Å². The van der Waals surface area contributed by atoms with Gasteiger partial charge in [0.15, 0.2) is 12.2 Å². The predicted molar refractivity (Wildman–Crippen MR) is 102 cm³/mol. The molecule has 0 N–H and O–H groups in total. The van der Waals surface area contributed by atoms with Gasteiger partial charge in [0.2, 0.25) is 0 Å². The van der Waals surface area contributed by atoms with Crippen molar-refractivity contribution in [3.05, 3.63) is 71.8 Å². The van der Waals surface area contributed by atoms with Gasteiger partial charge >= 0.3 is 23.3 Å². The number of rotatable bonds is 10. The Kier molecular flexibility index (Phi) is 8.80. The normalized spacial score (nSPS) is 13.9. The van der Waals surface area contributed by atoms with Crippen molar-refractivity contribution < 1.29 is 31.6 Å². The summed E-state index contributed by atoms with van der Waals surface area (Å²) < 4.78 is 33.1. The van der Waals surface area contributed by atoms with E-state index in [4.69, 9.17) is 17.8 Å². The topological polar surface area (TPSA) is 88.1 Å². The maximum Gasteiger partial charge on any atom is 0.341 e. The van der Waals surface area contributed by atoms with Crippen LogP contribution in [0.5, 0.6) is 0 Å². The minimum Gasteiger partial charge on any atom is -0.464 e. The van der Waals surface area contributed by atoms with E-state index in [-0.39, 0.29) is 13.2 Å². The van der Waals surface area contributed by atoms with Gasteiger partial charge in [0.05, 0.1) is 13.2 Å². The molecule has 2 unspecified atom stereocenters. The third-order valence-electron chi connectivity index (χ3n) is 3.56. The summed E-state index contributed by atoms with van der Waals surface area (Å²) >= 11 is -2.43. The first-order chi connectivity index (χ1) is 13.6. The third-order valence-corrected chi connectivity index (χ3v) is 4.25. The summed E-state index contributed by atoms with van der Waals surface area (Å²) in [6.45, 7) is 3.57. The van der Waals surface area contributed by atoms with Gasteiger partial charge < -0.3 is 9.47 Å². The van der Waals surface area contributed by atoms with E-state index >= 15 is 0 Å². The lowest BCUT2D eigenvalue weighted by molar-refractivity contribution is -0.153. The molecule has 0 bridgehead atoms. The molecule has 0 saturated heterocycles. The second-order valence-corrected chi connectivity index (χ2v) is 6.28. The number of ether oxygens (including phenoxy) is 2. The van der Waals surface area contributed by atoms with Crippen LogP contribution in [-0.4, -0.2) is 29.4 Å². The molecule has 150 valence electrons. The van der Waals surface area contributed by atoms with Gasteiger partial charge in [-0.2, -0.15) is 4.21 Å². The van der Waals surface area contributed by atoms with Crippen LogP contribution in [0.3, 0.4) is 0 Å². The van der Waals surface area contributed by atoms with Crippen molar-refractivity contribution in [3.8, 4) is 0 Å². The third kappa shape index (κ3) is 6.26. The molecule has 2 rings (SSSR count). The van der Waals surface area contributed by atoms with E-state index in [1.54, 1.807) is 74.5 Å². The molecular formula is C20H22O7S. The van der Waals surface area contributed by atoms with E-state index < -0.39 is 35.5 Å². The molecule has 0 radical (unpaired) electrons. The highest BCUT2D eigenvalue weighted by molar-refractivity contribution is 7.75. The highest BCUT2D eigenvalue weighted by Gasteiger charge is 2.31. The van der Waals surface area contributed by atoms with Gasteiger partial charge in [-0.15, -0.1) is 0 Å². The lowest BCUT2D eigenvalue weighted by Gasteiger charge is -2.18. The van der Waals surface area contributed by atoms with Gasteiger partial charge in [-0.3, -0.25) is 0 Å². The van der Waals surface area contributed by atoms with Gasteiger partial charge in [0, 0.05) is 0 Å². The zero-order valence-electron chi connectivity index (χ0n) is 15.6. The number of carbonyl (C=O) groups is 2. The molecule has 28 heavy (non-hydrogen) atoms. The van der Waals surface area contributed by atoms with Crippen LogP contribution in [-0.2, 0) is 38.8 Å². The van der Waals surface area contributed by atoms with Gasteiger partial charge in [0.1, 0.15) is 0 Å². The SMILES string of the molecule is CCOC(=O)C(OS(=O)OC(C(=O)OCC)c1ccccc1)c1ccccc1. The molecule has 0 spiro atoms. The van der Waals surface area contributed by atoms with E-state index in [1.165, 1.54) is 0 Å². The van der Waals surface area contributed by atoms with Crippen LogP contribution in [0.1, 0.15) is 37.2 Å². The van der Waals surface area contributed by atoms with Crippen LogP contribution in [0.2, 0.25) is 0 Å². The summed E-state index contributed by atoms with van der Waals surface area (Å²) in [5.74, 6) is -1.42. The molecule has 0 aliphatic carbocycles. The minimum atomic E-state index is -2.43. The van der Waals surface area contributed by atoms with Gasteiger partial charge in [-0.1, -0.05) is 60.7 Å². The second kappa shape index (κ2) is 11.3. The second-order valence-electron chi connectivity index (χ2n) is 5.48. The molecule has 8 heteroatoms. The number of esters is 2. The van der Waals surface area contributed by atoms with Gasteiger partial charge in [-0.05, 0) is 25.0 Å². The molecule has 0 aliphatic rings. The lowest BCUT2D eigenvalue weighted by Crippen LogP contribution is -2.24. The monoisotopic (exact) mass is 406 g/mol. The summed E-state index contributed by atoms with van der Waals surface area (Å²) in [7, 11) is 0. The summed E-state index contributed by atoms with van der Waals surface area (Å²) in [5.41, 5.74) is 0.899. The zero-order valence-corrected chi connectivity index (χ0v) is 16.4. The van der Waals surface area contributed by atoms with E-state index in [1.807, 2.05) is 0 Å². The number of benzene rings is 2. The minimum absolute atomic E-state index is 0.133. The molecule has 0 heterocycles. The standard InChI is InChI=1S/C20H22O7S/c1-3-24-19(21)17(15-11-7-5-8-12-15)26-28(23)27-18(20(22)25-4-2)16-13-9-6-10-14-16/h5-14,17-18H,3-4H2,1-2H3. The summed E-state index contributed by atoms with van der Waals surface area (Å²) in [6, 6.07) is 16.9. The molecule has 2 aromatic rings. The van der Waals surface area contributed by atoms with E-state index in [2.05, 4.69) is 0 Å². The molecule has 0 aromatic heterocycles. The van der Waals surface area contributed by atoms with Gasteiger partial charge in [-0.25, -0.2) is 18.0 Å². The Morgan fingerprint density at radius 3 is 1.43 bits per heavy atom. The van der Waals surface area contributed by atoms with Gasteiger partial charge in [0.25, 0.3) is 0 Å². The summed E-state index contributed by atoms with van der Waals surface area (Å²) in [4.78, 5) is 24.5. The first kappa shape index (κ1) is 21.7. The fourth-order valence-electron chi connectivity index (χ4n) is 2.33. The molecule has 7 nitrogen and oxygen atoms in total. The Morgan fingerprint density at radius 1 is 0.750 bits per heavy atom. The van der Waals surface area contributed by atoms with Crippen LogP contribution in [0.4, 0.5) is 0 Å². The fourth-order valence-corrected chi connectivity index (χ4v) is 3.07. The van der Waals surface area contributed by atoms with E-state index in [0.717, 1.165) is 0 Å². The predicted octanol–water partition coefficient (Wildman–Crippen LogP) is 3.21. The highest BCUT2D eigenvalue weighted by atomic mass is 32.2. The van der Waals surface area contributed by atoms with Crippen molar-refractivity contribution in [2.75, 3.05) is 13.2 Å². The Balaban J connectivity index is 2.18. The smallest absolute Gasteiger partial charge is 0.341 e. The van der Waals surface area contributed by atoms with Crippen molar-refractivity contribution in [2.45, 2.75) is 26.1 Å². The lowest BCUT2D eigenvalue weighted by atomic mass is 10.1. The number of hydrogen-bond acceptors (Lipinski definition) is 7. The summed E-state index contributed by atoms with van der Waals surface area (Å²) in [5, 5.41) is 0. The van der Waals surface area contributed by atoms with E-state index in [0.29, 0.717) is 11.1 Å². The Hall–Kier alpha value is -2.55. The van der Waals surface area contributed by atoms with E-state index in [9.17, 15) is 13.8 Å². The van der Waals surface area contributed by atoms with Crippen molar-refractivity contribution >= 4 is 23.3 Å². The summed E-state index contributed by atoms with van der Waals surface area (Å²) in [6.07, 6.45) is -2.53. The molecule has 0 fully saturated rings. The van der Waals surface area contributed by atoms with Crippen LogP contribution in [0.25, 0.3) is 0 Å². The first-order valence-electron chi connectivity index (χ1n) is 8.76. The molecule has 0 amide bonds. The molecule has 2 aromatic carbocycles. The Bertz CT molecular complexity index is 714. The number of carbonyl (C=O) groups excluding carboxylic acids is 2. The molecular weight excluding hydrogens is 384 g/mol. The largest absolute Gasteiger partial charge is 0.464 e.